The van der Waals surface area contributed by atoms with Gasteiger partial charge in [-0.2, -0.15) is 5.10 Å². The van der Waals surface area contributed by atoms with E-state index in [4.69, 9.17) is 15.2 Å². The third kappa shape index (κ3) is 3.56. The average Bonchev–Trinajstić information content (AvgIpc) is 3.10. The number of hydrogen-bond acceptors (Lipinski definition) is 5. The van der Waals surface area contributed by atoms with Crippen LogP contribution in [0.1, 0.15) is 31.5 Å². The minimum Gasteiger partial charge on any atom is -0.493 e. The second kappa shape index (κ2) is 7.24. The second-order valence-electron chi connectivity index (χ2n) is 5.92. The highest BCUT2D eigenvalue weighted by atomic mass is 16.5. The minimum atomic E-state index is -0.0999. The summed E-state index contributed by atoms with van der Waals surface area (Å²) >= 11 is 0. The van der Waals surface area contributed by atoms with Crippen molar-refractivity contribution in [1.29, 1.82) is 0 Å². The number of ether oxygens (including phenoxy) is 2. The molecule has 0 amide bonds. The fourth-order valence-electron chi connectivity index (χ4n) is 3.04. The molecule has 0 saturated carbocycles. The Bertz CT molecular complexity index is 447. The summed E-state index contributed by atoms with van der Waals surface area (Å²) in [7, 11) is 5.78. The molecule has 1 aromatic rings. The lowest BCUT2D eigenvalue weighted by molar-refractivity contribution is 0.0802. The molecule has 1 aromatic heterocycles. The highest BCUT2D eigenvalue weighted by molar-refractivity contribution is 5.29. The maximum atomic E-state index is 6.56. The molecule has 0 aliphatic carbocycles. The van der Waals surface area contributed by atoms with Gasteiger partial charge in [0.25, 0.3) is 0 Å². The van der Waals surface area contributed by atoms with Crippen LogP contribution in [-0.2, 0) is 11.3 Å². The average molecular weight is 296 g/mol. The minimum absolute atomic E-state index is 0.0999. The van der Waals surface area contributed by atoms with E-state index in [1.807, 2.05) is 4.68 Å². The first-order valence-corrected chi connectivity index (χ1v) is 7.70. The van der Waals surface area contributed by atoms with Gasteiger partial charge in [-0.1, -0.05) is 6.92 Å². The second-order valence-corrected chi connectivity index (χ2v) is 5.92. The van der Waals surface area contributed by atoms with E-state index in [2.05, 4.69) is 31.0 Å². The summed E-state index contributed by atoms with van der Waals surface area (Å²) in [5.74, 6) is 1.11. The van der Waals surface area contributed by atoms with Gasteiger partial charge in [0.2, 0.25) is 0 Å². The number of methoxy groups -OCH3 is 1. The number of aromatic nitrogens is 2. The van der Waals surface area contributed by atoms with Crippen molar-refractivity contribution in [2.75, 3.05) is 34.4 Å². The van der Waals surface area contributed by atoms with Gasteiger partial charge in [-0.3, -0.25) is 4.68 Å². The summed E-state index contributed by atoms with van der Waals surface area (Å²) in [4.78, 5) is 2.14. The lowest BCUT2D eigenvalue weighted by Gasteiger charge is -2.25. The van der Waals surface area contributed by atoms with Gasteiger partial charge in [-0.25, -0.2) is 0 Å². The lowest BCUT2D eigenvalue weighted by Crippen LogP contribution is -2.31. The van der Waals surface area contributed by atoms with Crippen LogP contribution in [0.4, 0.5) is 0 Å². The molecule has 2 N–H and O–H groups in total. The maximum Gasteiger partial charge on any atom is 0.161 e. The van der Waals surface area contributed by atoms with Crippen LogP contribution in [0.3, 0.4) is 0 Å². The molecule has 0 aromatic carbocycles. The molecule has 1 fully saturated rings. The zero-order chi connectivity index (χ0) is 15.4. The Kier molecular flexibility index (Phi) is 5.61. The number of likely N-dealkylation sites (N-methyl/N-ethyl adjacent to an activating group) is 1. The van der Waals surface area contributed by atoms with Gasteiger partial charge in [0.1, 0.15) is 0 Å². The molecule has 2 rings (SSSR count). The van der Waals surface area contributed by atoms with Crippen molar-refractivity contribution in [2.45, 2.75) is 38.5 Å². The smallest absolute Gasteiger partial charge is 0.161 e. The maximum absolute atomic E-state index is 6.56. The van der Waals surface area contributed by atoms with Crippen molar-refractivity contribution in [2.24, 2.45) is 11.7 Å². The van der Waals surface area contributed by atoms with E-state index >= 15 is 0 Å². The highest BCUT2D eigenvalue weighted by Gasteiger charge is 2.35. The Labute approximate surface area is 127 Å². The Morgan fingerprint density at radius 1 is 1.57 bits per heavy atom. The van der Waals surface area contributed by atoms with E-state index in [0.29, 0.717) is 5.92 Å². The highest BCUT2D eigenvalue weighted by Crippen LogP contribution is 2.36. The molecule has 0 spiro atoms. The van der Waals surface area contributed by atoms with Gasteiger partial charge in [-0.05, 0) is 26.9 Å². The number of nitrogens with zero attached hydrogens (tertiary/aromatic N) is 3. The number of nitrogens with two attached hydrogens (primary N) is 1. The van der Waals surface area contributed by atoms with Crippen LogP contribution >= 0.6 is 0 Å². The van der Waals surface area contributed by atoms with Crippen molar-refractivity contribution in [1.82, 2.24) is 14.7 Å². The molecule has 1 aliphatic rings. The monoisotopic (exact) mass is 296 g/mol. The van der Waals surface area contributed by atoms with Gasteiger partial charge < -0.3 is 20.1 Å². The molecule has 6 heteroatoms. The lowest BCUT2D eigenvalue weighted by atomic mass is 9.89. The predicted molar refractivity (Wildman–Crippen MR) is 82.4 cm³/mol. The summed E-state index contributed by atoms with van der Waals surface area (Å²) in [6.07, 6.45) is 4.00. The third-order valence-corrected chi connectivity index (χ3v) is 4.26. The van der Waals surface area contributed by atoms with Crippen molar-refractivity contribution >= 4 is 0 Å². The first kappa shape index (κ1) is 16.3. The zero-order valence-corrected chi connectivity index (χ0v) is 13.6. The summed E-state index contributed by atoms with van der Waals surface area (Å²) in [5, 5.41) is 4.45. The summed E-state index contributed by atoms with van der Waals surface area (Å²) in [6, 6.07) is -0.0999. The summed E-state index contributed by atoms with van der Waals surface area (Å²) in [6.45, 7) is 4.67. The Hall–Kier alpha value is -1.11. The van der Waals surface area contributed by atoms with Gasteiger partial charge in [0.15, 0.2) is 5.75 Å². The SMILES string of the molecule is CCC1OCCC1C(N)c1c(OC)cnn1CCN(C)C. The molecule has 120 valence electrons. The largest absolute Gasteiger partial charge is 0.493 e. The first-order chi connectivity index (χ1) is 10.1. The Morgan fingerprint density at radius 2 is 2.33 bits per heavy atom. The third-order valence-electron chi connectivity index (χ3n) is 4.26. The van der Waals surface area contributed by atoms with E-state index in [-0.39, 0.29) is 12.1 Å². The van der Waals surface area contributed by atoms with Crippen molar-refractivity contribution in [3.05, 3.63) is 11.9 Å². The van der Waals surface area contributed by atoms with E-state index in [0.717, 1.165) is 44.0 Å². The molecular weight excluding hydrogens is 268 g/mol. The predicted octanol–water partition coefficient (Wildman–Crippen LogP) is 1.27. The molecule has 21 heavy (non-hydrogen) atoms. The van der Waals surface area contributed by atoms with Gasteiger partial charge in [0.05, 0.1) is 37.7 Å². The van der Waals surface area contributed by atoms with Crippen LogP contribution in [0, 0.1) is 5.92 Å². The Balaban J connectivity index is 2.21. The topological polar surface area (TPSA) is 65.5 Å². The van der Waals surface area contributed by atoms with Crippen LogP contribution in [0.2, 0.25) is 0 Å². The van der Waals surface area contributed by atoms with Crippen LogP contribution in [-0.4, -0.2) is 55.1 Å². The van der Waals surface area contributed by atoms with E-state index < -0.39 is 0 Å². The number of hydrogen-bond donors (Lipinski definition) is 1. The zero-order valence-electron chi connectivity index (χ0n) is 13.6. The van der Waals surface area contributed by atoms with Crippen molar-refractivity contribution in [3.63, 3.8) is 0 Å². The van der Waals surface area contributed by atoms with Crippen molar-refractivity contribution in [3.8, 4) is 5.75 Å². The van der Waals surface area contributed by atoms with Gasteiger partial charge in [0, 0.05) is 19.1 Å². The molecule has 0 radical (unpaired) electrons. The Morgan fingerprint density at radius 3 is 2.95 bits per heavy atom. The molecule has 0 bridgehead atoms. The molecule has 1 saturated heterocycles. The van der Waals surface area contributed by atoms with Crippen LogP contribution < -0.4 is 10.5 Å². The standard InChI is InChI=1S/C15H28N4O2/c1-5-12-11(6-9-21-12)14(16)15-13(20-4)10-17-19(15)8-7-18(2)3/h10-12,14H,5-9,16H2,1-4H3. The van der Waals surface area contributed by atoms with E-state index in [9.17, 15) is 0 Å². The van der Waals surface area contributed by atoms with Crippen LogP contribution in [0.5, 0.6) is 5.75 Å². The molecule has 6 nitrogen and oxygen atoms in total. The summed E-state index contributed by atoms with van der Waals surface area (Å²) in [5.41, 5.74) is 7.55. The molecular formula is C15H28N4O2. The van der Waals surface area contributed by atoms with Crippen LogP contribution in [0.15, 0.2) is 6.20 Å². The fraction of sp³-hybridized carbons (Fsp3) is 0.800. The van der Waals surface area contributed by atoms with Crippen molar-refractivity contribution < 1.29 is 9.47 Å². The fourth-order valence-corrected chi connectivity index (χ4v) is 3.04. The molecule has 1 aliphatic heterocycles. The number of rotatable bonds is 7. The van der Waals surface area contributed by atoms with Gasteiger partial charge >= 0.3 is 0 Å². The molecule has 3 unspecified atom stereocenters. The van der Waals surface area contributed by atoms with E-state index in [1.54, 1.807) is 13.3 Å². The van der Waals surface area contributed by atoms with Gasteiger partial charge in [-0.15, -0.1) is 0 Å². The quantitative estimate of drug-likeness (QED) is 0.821. The van der Waals surface area contributed by atoms with E-state index in [1.165, 1.54) is 0 Å². The molecule has 2 heterocycles. The normalized spacial score (nSPS) is 23.7. The first-order valence-electron chi connectivity index (χ1n) is 7.70. The van der Waals surface area contributed by atoms with Crippen LogP contribution in [0.25, 0.3) is 0 Å². The molecule has 3 atom stereocenters. The summed E-state index contributed by atoms with van der Waals surface area (Å²) < 4.78 is 13.2.